The summed E-state index contributed by atoms with van der Waals surface area (Å²) in [5.74, 6) is 0. The predicted molar refractivity (Wildman–Crippen MR) is 61.8 cm³/mol. The Morgan fingerprint density at radius 3 is 2.69 bits per heavy atom. The molecule has 2 rings (SSSR count). The molecule has 1 aromatic rings. The van der Waals surface area contributed by atoms with E-state index < -0.39 is 6.09 Å². The van der Waals surface area contributed by atoms with Crippen molar-refractivity contribution in [1.82, 2.24) is 4.90 Å². The third-order valence-corrected chi connectivity index (χ3v) is 4.26. The average Bonchev–Trinajstić information content (AvgIpc) is 2.83. The van der Waals surface area contributed by atoms with Gasteiger partial charge in [0.25, 0.3) is 0 Å². The second-order valence-corrected chi connectivity index (χ2v) is 4.89. The van der Waals surface area contributed by atoms with Gasteiger partial charge in [0.05, 0.1) is 0 Å². The molecule has 0 atom stereocenters. The van der Waals surface area contributed by atoms with Gasteiger partial charge in [0.1, 0.15) is 5.60 Å². The van der Waals surface area contributed by atoms with Crippen molar-refractivity contribution in [2.45, 2.75) is 18.4 Å². The van der Waals surface area contributed by atoms with E-state index in [1.54, 1.807) is 18.4 Å². The van der Waals surface area contributed by atoms with Crippen LogP contribution in [0.15, 0.2) is 17.5 Å². The number of thiophene rings is 1. The summed E-state index contributed by atoms with van der Waals surface area (Å²) in [4.78, 5) is 13.5. The number of methoxy groups -OCH3 is 1. The number of amides is 1. The van der Waals surface area contributed by atoms with Crippen molar-refractivity contribution in [3.8, 4) is 0 Å². The molecule has 0 radical (unpaired) electrons. The van der Waals surface area contributed by atoms with Crippen molar-refractivity contribution in [1.29, 1.82) is 0 Å². The maximum Gasteiger partial charge on any atom is 0.407 e. The minimum atomic E-state index is -0.837. The summed E-state index contributed by atoms with van der Waals surface area (Å²) in [5.41, 5.74) is -0.278. The van der Waals surface area contributed by atoms with Crippen LogP contribution in [-0.2, 0) is 10.3 Å². The molecule has 0 saturated carbocycles. The van der Waals surface area contributed by atoms with Crippen LogP contribution in [0.5, 0.6) is 0 Å². The molecule has 0 aliphatic carbocycles. The summed E-state index contributed by atoms with van der Waals surface area (Å²) < 4.78 is 5.64. The Morgan fingerprint density at radius 2 is 2.25 bits per heavy atom. The third kappa shape index (κ3) is 1.92. The Labute approximate surface area is 98.4 Å². The number of carbonyl (C=O) groups is 1. The van der Waals surface area contributed by atoms with Gasteiger partial charge < -0.3 is 14.7 Å². The van der Waals surface area contributed by atoms with Gasteiger partial charge in [0, 0.05) is 25.1 Å². The molecule has 0 unspecified atom stereocenters. The van der Waals surface area contributed by atoms with Gasteiger partial charge in [0.15, 0.2) is 0 Å². The molecule has 0 spiro atoms. The fourth-order valence-corrected chi connectivity index (χ4v) is 3.11. The zero-order chi connectivity index (χ0) is 11.6. The van der Waals surface area contributed by atoms with Crippen molar-refractivity contribution in [3.63, 3.8) is 0 Å². The number of likely N-dealkylation sites (tertiary alicyclic amines) is 1. The minimum Gasteiger partial charge on any atom is -0.465 e. The van der Waals surface area contributed by atoms with E-state index in [4.69, 9.17) is 9.84 Å². The lowest BCUT2D eigenvalue weighted by molar-refractivity contribution is -0.0556. The van der Waals surface area contributed by atoms with Gasteiger partial charge in [-0.15, -0.1) is 11.3 Å². The molecule has 1 aromatic heterocycles. The zero-order valence-corrected chi connectivity index (χ0v) is 10.00. The largest absolute Gasteiger partial charge is 0.465 e. The van der Waals surface area contributed by atoms with E-state index in [1.165, 1.54) is 9.78 Å². The van der Waals surface area contributed by atoms with E-state index >= 15 is 0 Å². The average molecular weight is 241 g/mol. The van der Waals surface area contributed by atoms with Crippen LogP contribution in [0, 0.1) is 0 Å². The lowest BCUT2D eigenvalue weighted by Crippen LogP contribution is -2.45. The van der Waals surface area contributed by atoms with Crippen LogP contribution < -0.4 is 0 Å². The highest BCUT2D eigenvalue weighted by atomic mass is 32.1. The highest BCUT2D eigenvalue weighted by molar-refractivity contribution is 7.10. The standard InChI is InChI=1S/C11H15NO3S/c1-15-11(9-3-2-8-16-9)4-6-12(7-5-11)10(13)14/h2-3,8H,4-7H2,1H3,(H,13,14). The SMILES string of the molecule is COC1(c2cccs2)CCN(C(=O)O)CC1. The molecule has 1 saturated heterocycles. The van der Waals surface area contributed by atoms with Gasteiger partial charge >= 0.3 is 6.09 Å². The molecule has 88 valence electrons. The van der Waals surface area contributed by atoms with Crippen LogP contribution in [0.2, 0.25) is 0 Å². The summed E-state index contributed by atoms with van der Waals surface area (Å²) in [5, 5.41) is 10.9. The lowest BCUT2D eigenvalue weighted by Gasteiger charge is -2.39. The van der Waals surface area contributed by atoms with Crippen LogP contribution >= 0.6 is 11.3 Å². The maximum absolute atomic E-state index is 10.8. The second-order valence-electron chi connectivity index (χ2n) is 3.95. The fourth-order valence-electron chi connectivity index (χ4n) is 2.15. The van der Waals surface area contributed by atoms with E-state index in [9.17, 15) is 4.79 Å². The number of rotatable bonds is 2. The van der Waals surface area contributed by atoms with Crippen LogP contribution in [0.3, 0.4) is 0 Å². The van der Waals surface area contributed by atoms with Crippen LogP contribution in [0.25, 0.3) is 0 Å². The van der Waals surface area contributed by atoms with Gasteiger partial charge in [-0.1, -0.05) is 6.07 Å². The molecule has 4 nitrogen and oxygen atoms in total. The van der Waals surface area contributed by atoms with Crippen molar-refractivity contribution in [2.75, 3.05) is 20.2 Å². The monoisotopic (exact) mass is 241 g/mol. The van der Waals surface area contributed by atoms with Gasteiger partial charge in [-0.2, -0.15) is 0 Å². The topological polar surface area (TPSA) is 49.8 Å². The molecule has 5 heteroatoms. The molecule has 0 bridgehead atoms. The Hall–Kier alpha value is -1.07. The minimum absolute atomic E-state index is 0.278. The molecular formula is C11H15NO3S. The molecule has 1 fully saturated rings. The highest BCUT2D eigenvalue weighted by Gasteiger charge is 2.38. The summed E-state index contributed by atoms with van der Waals surface area (Å²) in [7, 11) is 1.70. The summed E-state index contributed by atoms with van der Waals surface area (Å²) >= 11 is 1.67. The molecule has 2 heterocycles. The number of nitrogens with zero attached hydrogens (tertiary/aromatic N) is 1. The third-order valence-electron chi connectivity index (χ3n) is 3.20. The second kappa shape index (κ2) is 4.43. The molecular weight excluding hydrogens is 226 g/mol. The Bertz CT molecular complexity index is 355. The first kappa shape index (κ1) is 11.4. The first-order valence-corrected chi connectivity index (χ1v) is 6.13. The van der Waals surface area contributed by atoms with Gasteiger partial charge in [0.2, 0.25) is 0 Å². The highest BCUT2D eigenvalue weighted by Crippen LogP contribution is 2.38. The molecule has 1 aliphatic rings. The quantitative estimate of drug-likeness (QED) is 0.864. The normalized spacial score (nSPS) is 19.7. The van der Waals surface area contributed by atoms with E-state index in [2.05, 4.69) is 6.07 Å². The fraction of sp³-hybridized carbons (Fsp3) is 0.545. The Balaban J connectivity index is 2.12. The number of hydrogen-bond acceptors (Lipinski definition) is 3. The molecule has 1 amide bonds. The van der Waals surface area contributed by atoms with Gasteiger partial charge in [-0.25, -0.2) is 4.79 Å². The van der Waals surface area contributed by atoms with Crippen molar-refractivity contribution >= 4 is 17.4 Å². The van der Waals surface area contributed by atoms with Crippen LogP contribution in [0.4, 0.5) is 4.79 Å². The lowest BCUT2D eigenvalue weighted by atomic mass is 9.89. The Morgan fingerprint density at radius 1 is 1.56 bits per heavy atom. The summed E-state index contributed by atoms with van der Waals surface area (Å²) in [6, 6.07) is 4.06. The van der Waals surface area contributed by atoms with Crippen molar-refractivity contribution in [3.05, 3.63) is 22.4 Å². The van der Waals surface area contributed by atoms with E-state index in [0.29, 0.717) is 13.1 Å². The van der Waals surface area contributed by atoms with Crippen LogP contribution in [0.1, 0.15) is 17.7 Å². The van der Waals surface area contributed by atoms with Gasteiger partial charge in [-0.3, -0.25) is 0 Å². The smallest absolute Gasteiger partial charge is 0.407 e. The van der Waals surface area contributed by atoms with E-state index in [1.807, 2.05) is 11.4 Å². The first-order chi connectivity index (χ1) is 7.68. The van der Waals surface area contributed by atoms with E-state index in [0.717, 1.165) is 12.8 Å². The zero-order valence-electron chi connectivity index (χ0n) is 9.18. The van der Waals surface area contributed by atoms with Crippen molar-refractivity contribution < 1.29 is 14.6 Å². The first-order valence-electron chi connectivity index (χ1n) is 5.25. The summed E-state index contributed by atoms with van der Waals surface area (Å²) in [6.07, 6.45) is 0.628. The number of piperidine rings is 1. The number of hydrogen-bond donors (Lipinski definition) is 1. The predicted octanol–water partition coefficient (Wildman–Crippen LogP) is 2.36. The maximum atomic E-state index is 10.8. The van der Waals surface area contributed by atoms with E-state index in [-0.39, 0.29) is 5.60 Å². The molecule has 1 N–H and O–H groups in total. The van der Waals surface area contributed by atoms with Crippen molar-refractivity contribution in [2.24, 2.45) is 0 Å². The number of carboxylic acid groups (broad SMARTS) is 1. The summed E-state index contributed by atoms with van der Waals surface area (Å²) in [6.45, 7) is 1.09. The number of ether oxygens (including phenoxy) is 1. The molecule has 16 heavy (non-hydrogen) atoms. The Kier molecular flexibility index (Phi) is 3.16. The van der Waals surface area contributed by atoms with Crippen LogP contribution in [-0.4, -0.2) is 36.3 Å². The molecule has 0 aromatic carbocycles. The van der Waals surface area contributed by atoms with Gasteiger partial charge in [-0.05, 0) is 24.3 Å². The molecule has 1 aliphatic heterocycles.